The zero-order valence-electron chi connectivity index (χ0n) is 28.9. The van der Waals surface area contributed by atoms with Gasteiger partial charge in [-0.2, -0.15) is 26.3 Å². The van der Waals surface area contributed by atoms with E-state index < -0.39 is 59.5 Å². The Bertz CT molecular complexity index is 1950. The molecule has 0 bridgehead atoms. The van der Waals surface area contributed by atoms with Gasteiger partial charge in [-0.3, -0.25) is 19.2 Å². The van der Waals surface area contributed by atoms with Crippen LogP contribution in [0.1, 0.15) is 65.6 Å². The van der Waals surface area contributed by atoms with E-state index in [0.29, 0.717) is 41.5 Å². The molecule has 14 heteroatoms. The number of benzene rings is 4. The zero-order chi connectivity index (χ0) is 39.1. The van der Waals surface area contributed by atoms with Crippen LogP contribution in [-0.4, -0.2) is 48.9 Å². The highest BCUT2D eigenvalue weighted by molar-refractivity contribution is 6.03. The van der Waals surface area contributed by atoms with Crippen LogP contribution in [0.2, 0.25) is 0 Å². The first kappa shape index (κ1) is 39.5. The quantitative estimate of drug-likeness (QED) is 0.0766. The predicted molar refractivity (Wildman–Crippen MR) is 190 cm³/mol. The lowest BCUT2D eigenvalue weighted by Crippen LogP contribution is -2.47. The highest BCUT2D eigenvalue weighted by Crippen LogP contribution is 2.51. The fraction of sp³-hybridized carbons (Fsp3) is 0.300. The number of hydrogen-bond donors (Lipinski definition) is 4. The van der Waals surface area contributed by atoms with Crippen LogP contribution in [0.5, 0.6) is 0 Å². The minimum Gasteiger partial charge on any atom is -0.370 e. The van der Waals surface area contributed by atoms with Gasteiger partial charge in [0, 0.05) is 18.5 Å². The molecule has 4 aromatic carbocycles. The standard InChI is InChI=1S/C40H38F6N4O4/c41-39(42,43)24-49-37(54)38(31-14-6-4-11-28(31)29-12-5-7-15-32(29)38)22-8-1-9-23-48-36(53)33(20-21-34(47)51)50-35(52)30-13-3-2-10-27(30)25-16-18-26(19-17-25)40(44,45)46/h2-7,10-19,33H,1,8-9,20-24H2,(H2,47,51)(H,48,53)(H,49,54)(H,50,52)/t33-/m1/s1. The lowest BCUT2D eigenvalue weighted by Gasteiger charge is -2.31. The van der Waals surface area contributed by atoms with E-state index >= 15 is 0 Å². The Kier molecular flexibility index (Phi) is 12.1. The SMILES string of the molecule is NC(=O)CC[C@@H](NC(=O)c1ccccc1-c1ccc(C(F)(F)F)cc1)C(=O)NCCCCCC1(C(=O)NCC(F)(F)F)c2ccccc2-c2ccccc21. The summed E-state index contributed by atoms with van der Waals surface area (Å²) in [4.78, 5) is 52.0. The maximum absolute atomic E-state index is 13.7. The number of unbranched alkanes of at least 4 members (excludes halogenated alkanes) is 2. The Labute approximate surface area is 307 Å². The number of alkyl halides is 6. The Morgan fingerprint density at radius 3 is 1.83 bits per heavy atom. The number of carbonyl (C=O) groups excluding carboxylic acids is 4. The summed E-state index contributed by atoms with van der Waals surface area (Å²) in [5.74, 6) is -2.74. The van der Waals surface area contributed by atoms with Crippen molar-refractivity contribution in [3.8, 4) is 22.3 Å². The van der Waals surface area contributed by atoms with Crippen LogP contribution in [-0.2, 0) is 26.0 Å². The van der Waals surface area contributed by atoms with Crippen molar-refractivity contribution in [2.24, 2.45) is 5.73 Å². The molecule has 54 heavy (non-hydrogen) atoms. The first-order valence-corrected chi connectivity index (χ1v) is 17.3. The average molecular weight is 753 g/mol. The number of amides is 4. The topological polar surface area (TPSA) is 130 Å². The van der Waals surface area contributed by atoms with Gasteiger partial charge in [0.25, 0.3) is 5.91 Å². The van der Waals surface area contributed by atoms with Crippen LogP contribution in [0.4, 0.5) is 26.3 Å². The van der Waals surface area contributed by atoms with E-state index in [9.17, 15) is 45.5 Å². The van der Waals surface area contributed by atoms with Crippen molar-refractivity contribution in [3.05, 3.63) is 119 Å². The van der Waals surface area contributed by atoms with E-state index in [1.165, 1.54) is 18.2 Å². The number of nitrogens with two attached hydrogens (primary N) is 1. The number of hydrogen-bond acceptors (Lipinski definition) is 4. The molecule has 5 N–H and O–H groups in total. The molecular formula is C40H38F6N4O4. The number of primary amides is 1. The third-order valence-electron chi connectivity index (χ3n) is 9.42. The fourth-order valence-electron chi connectivity index (χ4n) is 6.87. The largest absolute Gasteiger partial charge is 0.416 e. The van der Waals surface area contributed by atoms with Crippen LogP contribution >= 0.6 is 0 Å². The first-order chi connectivity index (χ1) is 25.6. The summed E-state index contributed by atoms with van der Waals surface area (Å²) >= 11 is 0. The molecule has 0 radical (unpaired) electrons. The number of nitrogens with one attached hydrogen (secondary N) is 3. The van der Waals surface area contributed by atoms with E-state index in [0.717, 1.165) is 23.3 Å². The monoisotopic (exact) mass is 752 g/mol. The lowest BCUT2D eigenvalue weighted by atomic mass is 9.73. The second kappa shape index (κ2) is 16.6. The number of carbonyl (C=O) groups is 4. The smallest absolute Gasteiger partial charge is 0.370 e. The minimum atomic E-state index is -4.60. The van der Waals surface area contributed by atoms with Crippen LogP contribution in [0.3, 0.4) is 0 Å². The zero-order valence-corrected chi connectivity index (χ0v) is 28.9. The van der Waals surface area contributed by atoms with Gasteiger partial charge in [0.1, 0.15) is 18.0 Å². The molecule has 0 unspecified atom stereocenters. The Morgan fingerprint density at radius 2 is 1.26 bits per heavy atom. The van der Waals surface area contributed by atoms with Gasteiger partial charge in [0.2, 0.25) is 17.7 Å². The summed E-state index contributed by atoms with van der Waals surface area (Å²) in [5.41, 5.74) is 6.65. The number of rotatable bonds is 15. The van der Waals surface area contributed by atoms with Crippen LogP contribution in [0, 0.1) is 0 Å². The van der Waals surface area contributed by atoms with E-state index in [-0.39, 0.29) is 31.4 Å². The molecule has 1 aliphatic rings. The minimum absolute atomic E-state index is 0.0948. The maximum Gasteiger partial charge on any atom is 0.416 e. The summed E-state index contributed by atoms with van der Waals surface area (Å²) in [6.45, 7) is -1.33. The van der Waals surface area contributed by atoms with E-state index in [4.69, 9.17) is 5.73 Å². The molecule has 0 aromatic heterocycles. The Balaban J connectivity index is 1.23. The summed E-state index contributed by atoms with van der Waals surface area (Å²) in [6.07, 6.45) is -7.96. The Hall–Kier alpha value is -5.66. The second-order valence-corrected chi connectivity index (χ2v) is 13.0. The third kappa shape index (κ3) is 9.10. The van der Waals surface area contributed by atoms with Crippen molar-refractivity contribution >= 4 is 23.6 Å². The van der Waals surface area contributed by atoms with E-state index in [1.54, 1.807) is 54.6 Å². The molecule has 5 rings (SSSR count). The Morgan fingerprint density at radius 1 is 0.685 bits per heavy atom. The van der Waals surface area contributed by atoms with Crippen molar-refractivity contribution in [2.45, 2.75) is 62.3 Å². The summed E-state index contributed by atoms with van der Waals surface area (Å²) in [5, 5.41) is 7.47. The van der Waals surface area contributed by atoms with Gasteiger partial charge in [-0.25, -0.2) is 0 Å². The van der Waals surface area contributed by atoms with Gasteiger partial charge in [0.15, 0.2) is 0 Å². The van der Waals surface area contributed by atoms with Gasteiger partial charge in [0.05, 0.1) is 5.56 Å². The lowest BCUT2D eigenvalue weighted by molar-refractivity contribution is -0.141. The molecule has 0 heterocycles. The van der Waals surface area contributed by atoms with E-state index in [1.807, 2.05) is 12.1 Å². The highest BCUT2D eigenvalue weighted by Gasteiger charge is 2.49. The summed E-state index contributed by atoms with van der Waals surface area (Å²) < 4.78 is 78.9. The molecule has 1 aliphatic carbocycles. The van der Waals surface area contributed by atoms with Crippen molar-refractivity contribution in [1.29, 1.82) is 0 Å². The second-order valence-electron chi connectivity index (χ2n) is 13.0. The predicted octanol–water partition coefficient (Wildman–Crippen LogP) is 7.06. The van der Waals surface area contributed by atoms with Crippen molar-refractivity contribution < 1.29 is 45.5 Å². The molecule has 0 saturated carbocycles. The third-order valence-corrected chi connectivity index (χ3v) is 9.42. The molecule has 0 spiro atoms. The molecule has 1 atom stereocenters. The fourth-order valence-corrected chi connectivity index (χ4v) is 6.87. The first-order valence-electron chi connectivity index (χ1n) is 17.3. The van der Waals surface area contributed by atoms with Gasteiger partial charge in [-0.15, -0.1) is 0 Å². The van der Waals surface area contributed by atoms with Gasteiger partial charge >= 0.3 is 12.4 Å². The van der Waals surface area contributed by atoms with Gasteiger partial charge in [-0.1, -0.05) is 91.7 Å². The summed E-state index contributed by atoms with van der Waals surface area (Å²) in [6, 6.07) is 23.6. The number of fused-ring (bicyclic) bond motifs is 3. The van der Waals surface area contributed by atoms with Crippen LogP contribution in [0.15, 0.2) is 97.1 Å². The molecule has 4 amide bonds. The normalized spacial score (nSPS) is 13.7. The molecule has 284 valence electrons. The molecule has 0 saturated heterocycles. The van der Waals surface area contributed by atoms with Crippen molar-refractivity contribution in [1.82, 2.24) is 16.0 Å². The van der Waals surface area contributed by atoms with Crippen molar-refractivity contribution in [3.63, 3.8) is 0 Å². The molecule has 0 aliphatic heterocycles. The van der Waals surface area contributed by atoms with Gasteiger partial charge in [-0.05, 0) is 70.8 Å². The van der Waals surface area contributed by atoms with E-state index in [2.05, 4.69) is 16.0 Å². The maximum atomic E-state index is 13.7. The molecular weight excluding hydrogens is 714 g/mol. The van der Waals surface area contributed by atoms with Crippen molar-refractivity contribution in [2.75, 3.05) is 13.1 Å². The van der Waals surface area contributed by atoms with Crippen LogP contribution < -0.4 is 21.7 Å². The van der Waals surface area contributed by atoms with Crippen LogP contribution in [0.25, 0.3) is 22.3 Å². The van der Waals surface area contributed by atoms with Gasteiger partial charge < -0.3 is 21.7 Å². The molecule has 8 nitrogen and oxygen atoms in total. The number of halogens is 6. The summed E-state index contributed by atoms with van der Waals surface area (Å²) in [7, 11) is 0. The highest BCUT2D eigenvalue weighted by atomic mass is 19.4. The molecule has 0 fully saturated rings. The molecule has 4 aromatic rings. The average Bonchev–Trinajstić information content (AvgIpc) is 3.43.